The van der Waals surface area contributed by atoms with Crippen LogP contribution in [0.5, 0.6) is 0 Å². The van der Waals surface area contributed by atoms with E-state index in [0.29, 0.717) is 0 Å². The summed E-state index contributed by atoms with van der Waals surface area (Å²) in [6, 6.07) is 8.57. The van der Waals surface area contributed by atoms with E-state index in [1.807, 2.05) is 0 Å². The zero-order chi connectivity index (χ0) is 15.4. The highest BCUT2D eigenvalue weighted by atomic mass is 35.5. The van der Waals surface area contributed by atoms with Crippen LogP contribution in [-0.2, 0) is 12.8 Å². The summed E-state index contributed by atoms with van der Waals surface area (Å²) in [7, 11) is 4.27. The Labute approximate surface area is 158 Å². The maximum Gasteiger partial charge on any atom is 0.0726 e. The van der Waals surface area contributed by atoms with Crippen molar-refractivity contribution in [2.75, 3.05) is 32.5 Å². The van der Waals surface area contributed by atoms with E-state index in [9.17, 15) is 0 Å². The van der Waals surface area contributed by atoms with Crippen molar-refractivity contribution in [1.29, 1.82) is 0 Å². The average molecular weight is 370 g/mol. The monoisotopic (exact) mass is 369 g/mol. The first-order valence-corrected chi connectivity index (χ1v) is 8.55. The summed E-state index contributed by atoms with van der Waals surface area (Å²) in [6.45, 7) is 2.15. The van der Waals surface area contributed by atoms with Gasteiger partial charge in [0.1, 0.15) is 0 Å². The number of halogens is 2. The minimum atomic E-state index is 0. The fraction of sp³-hybridized carbons (Fsp3) is 0.526. The first-order valence-electron chi connectivity index (χ1n) is 8.55. The zero-order valence-electron chi connectivity index (χ0n) is 14.7. The Morgan fingerprint density at radius 2 is 1.79 bits per heavy atom. The minimum Gasteiger partial charge on any atom is -0.384 e. The van der Waals surface area contributed by atoms with E-state index in [1.165, 1.54) is 54.4 Å². The van der Waals surface area contributed by atoms with E-state index < -0.39 is 0 Å². The molecular weight excluding hydrogens is 341 g/mol. The van der Waals surface area contributed by atoms with Crippen LogP contribution in [0.1, 0.15) is 36.9 Å². The van der Waals surface area contributed by atoms with Gasteiger partial charge in [0, 0.05) is 23.3 Å². The van der Waals surface area contributed by atoms with Crippen LogP contribution < -0.4 is 5.32 Å². The third-order valence-electron chi connectivity index (χ3n) is 4.50. The number of rotatable bonds is 5. The molecule has 2 aromatic rings. The van der Waals surface area contributed by atoms with Gasteiger partial charge < -0.3 is 10.2 Å². The molecular formula is C19H29Cl2N3. The summed E-state index contributed by atoms with van der Waals surface area (Å²) in [5.74, 6) is 0. The molecule has 1 aromatic heterocycles. The molecule has 1 aliphatic rings. The molecule has 0 atom stereocenters. The van der Waals surface area contributed by atoms with Gasteiger partial charge in [0.25, 0.3) is 0 Å². The van der Waals surface area contributed by atoms with E-state index in [2.05, 4.69) is 48.6 Å². The highest BCUT2D eigenvalue weighted by Crippen LogP contribution is 2.32. The van der Waals surface area contributed by atoms with Gasteiger partial charge in [0.05, 0.1) is 5.52 Å². The van der Waals surface area contributed by atoms with Crippen molar-refractivity contribution in [3.8, 4) is 0 Å². The standard InChI is InChI=1S/C19H27N3.2ClH/c1-22(2)14-8-13-20-19-15-9-4-3-5-11-17(15)21-18-12-7-6-10-16(18)19;;/h6-7,10,12H,3-5,8-9,11,13-14H2,1-2H3,(H,20,21);2*1H. The highest BCUT2D eigenvalue weighted by molar-refractivity contribution is 5.93. The van der Waals surface area contributed by atoms with Crippen molar-refractivity contribution >= 4 is 41.4 Å². The predicted molar refractivity (Wildman–Crippen MR) is 109 cm³/mol. The second kappa shape index (κ2) is 10.1. The maximum atomic E-state index is 4.94. The van der Waals surface area contributed by atoms with Gasteiger partial charge in [0.15, 0.2) is 0 Å². The van der Waals surface area contributed by atoms with Gasteiger partial charge in [0.2, 0.25) is 0 Å². The van der Waals surface area contributed by atoms with Crippen molar-refractivity contribution < 1.29 is 0 Å². The van der Waals surface area contributed by atoms with Crippen molar-refractivity contribution in [1.82, 2.24) is 9.88 Å². The minimum absolute atomic E-state index is 0. The number of anilines is 1. The summed E-state index contributed by atoms with van der Waals surface area (Å²) < 4.78 is 0. The molecule has 24 heavy (non-hydrogen) atoms. The second-order valence-corrected chi connectivity index (χ2v) is 6.57. The molecule has 1 N–H and O–H groups in total. The predicted octanol–water partition coefficient (Wildman–Crippen LogP) is 4.71. The lowest BCUT2D eigenvalue weighted by atomic mass is 10.0. The molecule has 3 nitrogen and oxygen atoms in total. The van der Waals surface area contributed by atoms with Crippen LogP contribution in [0.4, 0.5) is 5.69 Å². The normalized spacial score (nSPS) is 13.6. The molecule has 0 amide bonds. The highest BCUT2D eigenvalue weighted by Gasteiger charge is 2.16. The lowest BCUT2D eigenvalue weighted by Gasteiger charge is -2.18. The van der Waals surface area contributed by atoms with Gasteiger partial charge >= 0.3 is 0 Å². The molecule has 0 saturated heterocycles. The number of para-hydroxylation sites is 1. The Morgan fingerprint density at radius 1 is 1.04 bits per heavy atom. The van der Waals surface area contributed by atoms with Crippen molar-refractivity contribution in [3.05, 3.63) is 35.5 Å². The molecule has 0 saturated carbocycles. The van der Waals surface area contributed by atoms with Gasteiger partial charge in [-0.2, -0.15) is 0 Å². The Bertz CT molecular complexity index is 644. The van der Waals surface area contributed by atoms with E-state index >= 15 is 0 Å². The Kier molecular flexibility index (Phi) is 8.82. The average Bonchev–Trinajstić information content (AvgIpc) is 2.75. The van der Waals surface area contributed by atoms with Crippen molar-refractivity contribution in [2.45, 2.75) is 38.5 Å². The smallest absolute Gasteiger partial charge is 0.0726 e. The second-order valence-electron chi connectivity index (χ2n) is 6.57. The molecule has 1 aromatic carbocycles. The SMILES string of the molecule is CN(C)CCCNc1c2c(nc3ccccc13)CCCCC2.Cl.Cl. The summed E-state index contributed by atoms with van der Waals surface area (Å²) in [5, 5.41) is 5.02. The van der Waals surface area contributed by atoms with Crippen molar-refractivity contribution in [2.24, 2.45) is 0 Å². The molecule has 0 bridgehead atoms. The number of pyridine rings is 1. The third kappa shape index (κ3) is 4.98. The molecule has 1 heterocycles. The van der Waals surface area contributed by atoms with Gasteiger partial charge in [-0.3, -0.25) is 4.98 Å². The quantitative estimate of drug-likeness (QED) is 0.610. The molecule has 134 valence electrons. The van der Waals surface area contributed by atoms with Gasteiger partial charge in [-0.15, -0.1) is 24.8 Å². The van der Waals surface area contributed by atoms with E-state index in [-0.39, 0.29) is 24.8 Å². The fourth-order valence-corrected chi connectivity index (χ4v) is 3.36. The van der Waals surface area contributed by atoms with Crippen LogP contribution >= 0.6 is 24.8 Å². The third-order valence-corrected chi connectivity index (χ3v) is 4.50. The van der Waals surface area contributed by atoms with Gasteiger partial charge in [-0.25, -0.2) is 0 Å². The summed E-state index contributed by atoms with van der Waals surface area (Å²) in [4.78, 5) is 7.19. The lowest BCUT2D eigenvalue weighted by Crippen LogP contribution is -2.17. The molecule has 1 aliphatic carbocycles. The lowest BCUT2D eigenvalue weighted by molar-refractivity contribution is 0.405. The summed E-state index contributed by atoms with van der Waals surface area (Å²) in [5.41, 5.74) is 5.28. The van der Waals surface area contributed by atoms with E-state index in [1.54, 1.807) is 0 Å². The zero-order valence-corrected chi connectivity index (χ0v) is 16.3. The number of hydrogen-bond acceptors (Lipinski definition) is 3. The first-order chi connectivity index (χ1) is 10.8. The number of hydrogen-bond donors (Lipinski definition) is 1. The number of benzene rings is 1. The number of nitrogens with zero attached hydrogens (tertiary/aromatic N) is 2. The van der Waals surface area contributed by atoms with Crippen molar-refractivity contribution in [3.63, 3.8) is 0 Å². The van der Waals surface area contributed by atoms with Crippen LogP contribution in [-0.4, -0.2) is 37.1 Å². The number of fused-ring (bicyclic) bond motifs is 2. The molecule has 5 heteroatoms. The first kappa shape index (κ1) is 21.0. The summed E-state index contributed by atoms with van der Waals surface area (Å²) in [6.07, 6.45) is 7.36. The Balaban J connectivity index is 0.00000144. The van der Waals surface area contributed by atoms with Crippen LogP contribution in [0, 0.1) is 0 Å². The maximum absolute atomic E-state index is 4.94. The van der Waals surface area contributed by atoms with Gasteiger partial charge in [-0.05, 0) is 64.4 Å². The van der Waals surface area contributed by atoms with Crippen LogP contribution in [0.15, 0.2) is 24.3 Å². The van der Waals surface area contributed by atoms with E-state index in [0.717, 1.165) is 25.0 Å². The van der Waals surface area contributed by atoms with Gasteiger partial charge in [-0.1, -0.05) is 24.6 Å². The molecule has 0 unspecified atom stereocenters. The van der Waals surface area contributed by atoms with E-state index in [4.69, 9.17) is 4.98 Å². The molecule has 0 spiro atoms. The number of aromatic nitrogens is 1. The van der Waals surface area contributed by atoms with Crippen LogP contribution in [0.2, 0.25) is 0 Å². The Morgan fingerprint density at radius 3 is 2.58 bits per heavy atom. The molecule has 0 fully saturated rings. The number of aryl methyl sites for hydroxylation is 1. The fourth-order valence-electron chi connectivity index (χ4n) is 3.36. The van der Waals surface area contributed by atoms with Crippen LogP contribution in [0.25, 0.3) is 10.9 Å². The summed E-state index contributed by atoms with van der Waals surface area (Å²) >= 11 is 0. The molecule has 0 aliphatic heterocycles. The number of nitrogens with one attached hydrogen (secondary N) is 1. The van der Waals surface area contributed by atoms with Crippen LogP contribution in [0.3, 0.4) is 0 Å². The topological polar surface area (TPSA) is 28.2 Å². The molecule has 3 rings (SSSR count). The Hall–Kier alpha value is -1.03. The molecule has 0 radical (unpaired) electrons. The largest absolute Gasteiger partial charge is 0.384 e.